The van der Waals surface area contributed by atoms with Gasteiger partial charge in [0.2, 0.25) is 0 Å². The van der Waals surface area contributed by atoms with Crippen LogP contribution < -0.4 is 10.9 Å². The highest BCUT2D eigenvalue weighted by Crippen LogP contribution is 2.18. The molecule has 0 spiro atoms. The molecule has 1 aromatic carbocycles. The van der Waals surface area contributed by atoms with Crippen LogP contribution in [0.4, 0.5) is 0 Å². The average molecular weight is 340 g/mol. The minimum Gasteiger partial charge on any atom is -0.478 e. The van der Waals surface area contributed by atoms with E-state index < -0.39 is 11.9 Å². The first kappa shape index (κ1) is 17.0. The van der Waals surface area contributed by atoms with Crippen LogP contribution in [0, 0.1) is 0 Å². The normalized spacial score (nSPS) is 13.6. The van der Waals surface area contributed by atoms with Gasteiger partial charge in [0.05, 0.1) is 5.56 Å². The lowest BCUT2D eigenvalue weighted by Gasteiger charge is -2.09. The zero-order valence-corrected chi connectivity index (χ0v) is 13.8. The van der Waals surface area contributed by atoms with Gasteiger partial charge in [0.15, 0.2) is 0 Å². The summed E-state index contributed by atoms with van der Waals surface area (Å²) >= 11 is 0. The van der Waals surface area contributed by atoms with Gasteiger partial charge in [0, 0.05) is 12.2 Å². The summed E-state index contributed by atoms with van der Waals surface area (Å²) in [6.07, 6.45) is 4.98. The predicted molar refractivity (Wildman–Crippen MR) is 92.9 cm³/mol. The number of benzene rings is 1. The number of carbonyl (C=O) groups is 2. The number of carbonyl (C=O) groups excluding carboxylic acids is 1. The lowest BCUT2D eigenvalue weighted by molar-refractivity contribution is 0.0696. The van der Waals surface area contributed by atoms with Crippen LogP contribution in [0.3, 0.4) is 0 Å². The number of aromatic amines is 1. The fourth-order valence-electron chi connectivity index (χ4n) is 3.06. The van der Waals surface area contributed by atoms with Crippen molar-refractivity contribution in [3.8, 4) is 0 Å². The topological polar surface area (TPSA) is 99.3 Å². The maximum Gasteiger partial charge on any atom is 0.335 e. The lowest BCUT2D eigenvalue weighted by atomic mass is 10.1. The van der Waals surface area contributed by atoms with Crippen molar-refractivity contribution in [1.82, 2.24) is 10.3 Å². The minimum absolute atomic E-state index is 0.128. The van der Waals surface area contributed by atoms with E-state index in [-0.39, 0.29) is 23.2 Å². The number of fused-ring (bicyclic) bond motifs is 1. The van der Waals surface area contributed by atoms with Crippen molar-refractivity contribution in [3.05, 3.63) is 68.6 Å². The van der Waals surface area contributed by atoms with E-state index in [1.54, 1.807) is 18.2 Å². The third-order valence-electron chi connectivity index (χ3n) is 4.49. The SMILES string of the molecule is O=C(O)c1ccc(CNC(=O)c2cc3c([nH]c2=O)CCCCC3)cc1. The summed E-state index contributed by atoms with van der Waals surface area (Å²) < 4.78 is 0. The van der Waals surface area contributed by atoms with Gasteiger partial charge < -0.3 is 15.4 Å². The van der Waals surface area contributed by atoms with Gasteiger partial charge in [-0.1, -0.05) is 18.6 Å². The summed E-state index contributed by atoms with van der Waals surface area (Å²) in [4.78, 5) is 38.2. The van der Waals surface area contributed by atoms with Crippen molar-refractivity contribution < 1.29 is 14.7 Å². The van der Waals surface area contributed by atoms with Crippen LogP contribution in [0.2, 0.25) is 0 Å². The van der Waals surface area contributed by atoms with Crippen molar-refractivity contribution in [3.63, 3.8) is 0 Å². The number of aryl methyl sites for hydroxylation is 2. The first-order chi connectivity index (χ1) is 12.0. The standard InChI is InChI=1S/C19H20N2O4/c22-17(20-11-12-6-8-13(9-7-12)19(24)25)15-10-14-4-2-1-3-5-16(14)21-18(15)23/h6-10H,1-5,11H2,(H,20,22)(H,21,23)(H,24,25). The number of aromatic nitrogens is 1. The molecule has 3 rings (SSSR count). The van der Waals surface area contributed by atoms with Gasteiger partial charge in [-0.2, -0.15) is 0 Å². The minimum atomic E-state index is -0.993. The van der Waals surface area contributed by atoms with Crippen molar-refractivity contribution in [2.45, 2.75) is 38.6 Å². The van der Waals surface area contributed by atoms with E-state index in [1.807, 2.05) is 0 Å². The maximum absolute atomic E-state index is 12.4. The highest BCUT2D eigenvalue weighted by molar-refractivity contribution is 5.94. The van der Waals surface area contributed by atoms with Crippen LogP contribution in [0.5, 0.6) is 0 Å². The second kappa shape index (κ2) is 7.34. The number of H-pyrrole nitrogens is 1. The molecule has 2 aromatic rings. The van der Waals surface area contributed by atoms with Crippen molar-refractivity contribution in [1.29, 1.82) is 0 Å². The summed E-state index contributed by atoms with van der Waals surface area (Å²) in [7, 11) is 0. The van der Waals surface area contributed by atoms with Crippen LogP contribution in [-0.4, -0.2) is 22.0 Å². The second-order valence-corrected chi connectivity index (χ2v) is 6.26. The molecular formula is C19H20N2O4. The summed E-state index contributed by atoms with van der Waals surface area (Å²) in [5.74, 6) is -1.41. The Hall–Kier alpha value is -2.89. The van der Waals surface area contributed by atoms with E-state index in [2.05, 4.69) is 10.3 Å². The second-order valence-electron chi connectivity index (χ2n) is 6.26. The monoisotopic (exact) mass is 340 g/mol. The van der Waals surface area contributed by atoms with Gasteiger partial charge in [-0.05, 0) is 55.0 Å². The molecule has 1 aromatic heterocycles. The van der Waals surface area contributed by atoms with E-state index in [0.29, 0.717) is 0 Å². The molecule has 0 aliphatic heterocycles. The molecule has 25 heavy (non-hydrogen) atoms. The summed E-state index contributed by atoms with van der Waals surface area (Å²) in [6, 6.07) is 7.97. The molecule has 1 amide bonds. The fourth-order valence-corrected chi connectivity index (χ4v) is 3.06. The third-order valence-corrected chi connectivity index (χ3v) is 4.49. The summed E-state index contributed by atoms with van der Waals surface area (Å²) in [5, 5.41) is 11.6. The van der Waals surface area contributed by atoms with Gasteiger partial charge in [-0.25, -0.2) is 4.79 Å². The average Bonchev–Trinajstić information content (AvgIpc) is 2.84. The largest absolute Gasteiger partial charge is 0.478 e. The smallest absolute Gasteiger partial charge is 0.335 e. The van der Waals surface area contributed by atoms with Gasteiger partial charge in [-0.3, -0.25) is 9.59 Å². The Labute approximate surface area is 144 Å². The van der Waals surface area contributed by atoms with Gasteiger partial charge >= 0.3 is 5.97 Å². The van der Waals surface area contributed by atoms with Crippen LogP contribution in [0.15, 0.2) is 35.1 Å². The van der Waals surface area contributed by atoms with Crippen LogP contribution >= 0.6 is 0 Å². The fraction of sp³-hybridized carbons (Fsp3) is 0.316. The summed E-state index contributed by atoms with van der Waals surface area (Å²) in [5.41, 5.74) is 2.72. The van der Waals surface area contributed by atoms with Crippen molar-refractivity contribution in [2.75, 3.05) is 0 Å². The number of carboxylic acids is 1. The molecule has 1 heterocycles. The van der Waals surface area contributed by atoms with Crippen LogP contribution in [0.1, 0.15) is 56.8 Å². The van der Waals surface area contributed by atoms with E-state index in [4.69, 9.17) is 5.11 Å². The maximum atomic E-state index is 12.4. The number of nitrogens with one attached hydrogen (secondary N) is 2. The molecule has 3 N–H and O–H groups in total. The number of carboxylic acid groups (broad SMARTS) is 1. The first-order valence-corrected chi connectivity index (χ1v) is 8.40. The van der Waals surface area contributed by atoms with Crippen LogP contribution in [-0.2, 0) is 19.4 Å². The molecule has 0 saturated carbocycles. The highest BCUT2D eigenvalue weighted by Gasteiger charge is 2.16. The van der Waals surface area contributed by atoms with Gasteiger partial charge in [-0.15, -0.1) is 0 Å². The Morgan fingerprint density at radius 3 is 2.52 bits per heavy atom. The third kappa shape index (κ3) is 3.96. The van der Waals surface area contributed by atoms with E-state index in [0.717, 1.165) is 48.9 Å². The molecule has 130 valence electrons. The number of amides is 1. The molecule has 0 radical (unpaired) electrons. The molecular weight excluding hydrogens is 320 g/mol. The molecule has 6 heteroatoms. The number of hydrogen-bond donors (Lipinski definition) is 3. The molecule has 0 bridgehead atoms. The van der Waals surface area contributed by atoms with Gasteiger partial charge in [0.1, 0.15) is 5.56 Å². The predicted octanol–water partition coefficient (Wildman–Crippen LogP) is 2.27. The molecule has 0 fully saturated rings. The number of pyridine rings is 1. The number of rotatable bonds is 4. The highest BCUT2D eigenvalue weighted by atomic mass is 16.4. The quantitative estimate of drug-likeness (QED) is 0.744. The van der Waals surface area contributed by atoms with Crippen molar-refractivity contribution >= 4 is 11.9 Å². The van der Waals surface area contributed by atoms with E-state index in [9.17, 15) is 14.4 Å². The van der Waals surface area contributed by atoms with Crippen molar-refractivity contribution in [2.24, 2.45) is 0 Å². The Balaban J connectivity index is 1.72. The molecule has 6 nitrogen and oxygen atoms in total. The Morgan fingerprint density at radius 1 is 1.08 bits per heavy atom. The van der Waals surface area contributed by atoms with E-state index in [1.165, 1.54) is 12.1 Å². The zero-order chi connectivity index (χ0) is 17.8. The summed E-state index contributed by atoms with van der Waals surface area (Å²) in [6.45, 7) is 0.231. The molecule has 0 unspecified atom stereocenters. The Kier molecular flexibility index (Phi) is 4.97. The first-order valence-electron chi connectivity index (χ1n) is 8.40. The number of hydrogen-bond acceptors (Lipinski definition) is 3. The zero-order valence-electron chi connectivity index (χ0n) is 13.8. The van der Waals surface area contributed by atoms with E-state index >= 15 is 0 Å². The van der Waals surface area contributed by atoms with Gasteiger partial charge in [0.25, 0.3) is 11.5 Å². The Morgan fingerprint density at radius 2 is 1.80 bits per heavy atom. The van der Waals surface area contributed by atoms with Crippen LogP contribution in [0.25, 0.3) is 0 Å². The number of aromatic carboxylic acids is 1. The molecule has 0 saturated heterocycles. The Bertz CT molecular complexity index is 853. The molecule has 0 atom stereocenters. The molecule has 1 aliphatic carbocycles. The molecule has 1 aliphatic rings. The lowest BCUT2D eigenvalue weighted by Crippen LogP contribution is -2.30.